The zero-order valence-corrected chi connectivity index (χ0v) is 10.6. The smallest absolute Gasteiger partial charge is 0.0531 e. The standard InChI is InChI=1S/C14H17ClN2/c15-14-11(9-10-3-6-16-7-4-10)1-2-13-12(14)5-8-17-13/h1-2,5,8,10,16-17H,3-4,6-7,9H2. The number of aromatic amines is 1. The summed E-state index contributed by atoms with van der Waals surface area (Å²) in [6.45, 7) is 2.30. The van der Waals surface area contributed by atoms with E-state index in [0.717, 1.165) is 41.4 Å². The minimum atomic E-state index is 0.783. The molecule has 3 rings (SSSR count). The number of benzene rings is 1. The van der Waals surface area contributed by atoms with Gasteiger partial charge in [-0.3, -0.25) is 0 Å². The molecular formula is C14H17ClN2. The highest BCUT2D eigenvalue weighted by molar-refractivity contribution is 6.36. The van der Waals surface area contributed by atoms with Gasteiger partial charge in [0.25, 0.3) is 0 Å². The Morgan fingerprint density at radius 2 is 2.00 bits per heavy atom. The van der Waals surface area contributed by atoms with Crippen LogP contribution in [0.4, 0.5) is 0 Å². The molecule has 17 heavy (non-hydrogen) atoms. The van der Waals surface area contributed by atoms with E-state index in [0.29, 0.717) is 0 Å². The zero-order valence-electron chi connectivity index (χ0n) is 9.80. The summed E-state index contributed by atoms with van der Waals surface area (Å²) in [6.07, 6.45) is 5.59. The van der Waals surface area contributed by atoms with Crippen LogP contribution in [-0.2, 0) is 6.42 Å². The fraction of sp³-hybridized carbons (Fsp3) is 0.429. The Labute approximate surface area is 106 Å². The van der Waals surface area contributed by atoms with Crippen molar-refractivity contribution in [3.8, 4) is 0 Å². The van der Waals surface area contributed by atoms with E-state index in [1.807, 2.05) is 6.20 Å². The highest BCUT2D eigenvalue weighted by atomic mass is 35.5. The second kappa shape index (κ2) is 4.71. The number of rotatable bonds is 2. The van der Waals surface area contributed by atoms with Gasteiger partial charge in [-0.2, -0.15) is 0 Å². The Morgan fingerprint density at radius 3 is 2.82 bits per heavy atom. The Balaban J connectivity index is 1.86. The maximum atomic E-state index is 6.47. The summed E-state index contributed by atoms with van der Waals surface area (Å²) in [7, 11) is 0. The van der Waals surface area contributed by atoms with E-state index in [1.54, 1.807) is 0 Å². The van der Waals surface area contributed by atoms with Crippen molar-refractivity contribution in [2.45, 2.75) is 19.3 Å². The van der Waals surface area contributed by atoms with Gasteiger partial charge in [-0.25, -0.2) is 0 Å². The van der Waals surface area contributed by atoms with Gasteiger partial charge < -0.3 is 10.3 Å². The van der Waals surface area contributed by atoms with Crippen molar-refractivity contribution in [1.29, 1.82) is 0 Å². The summed E-state index contributed by atoms with van der Waals surface area (Å²) in [5, 5.41) is 5.49. The number of halogens is 1. The van der Waals surface area contributed by atoms with Crippen LogP contribution in [0.1, 0.15) is 18.4 Å². The number of hydrogen-bond acceptors (Lipinski definition) is 1. The van der Waals surface area contributed by atoms with Crippen molar-refractivity contribution in [3.05, 3.63) is 35.0 Å². The first-order valence-corrected chi connectivity index (χ1v) is 6.67. The van der Waals surface area contributed by atoms with Gasteiger partial charge in [0.05, 0.1) is 5.02 Å². The molecule has 0 atom stereocenters. The fourth-order valence-corrected chi connectivity index (χ4v) is 3.00. The van der Waals surface area contributed by atoms with Crippen molar-refractivity contribution in [2.75, 3.05) is 13.1 Å². The lowest BCUT2D eigenvalue weighted by molar-refractivity contribution is 0.373. The molecule has 1 fully saturated rings. The normalized spacial score (nSPS) is 17.7. The van der Waals surface area contributed by atoms with Crippen LogP contribution in [0.3, 0.4) is 0 Å². The predicted octanol–water partition coefficient (Wildman–Crippen LogP) is 3.36. The fourth-order valence-electron chi connectivity index (χ4n) is 2.70. The van der Waals surface area contributed by atoms with Gasteiger partial charge in [0.15, 0.2) is 0 Å². The topological polar surface area (TPSA) is 27.8 Å². The van der Waals surface area contributed by atoms with Crippen LogP contribution in [0.15, 0.2) is 24.4 Å². The average Bonchev–Trinajstić information content (AvgIpc) is 2.83. The molecule has 1 saturated heterocycles. The number of hydrogen-bond donors (Lipinski definition) is 2. The quantitative estimate of drug-likeness (QED) is 0.838. The van der Waals surface area contributed by atoms with E-state index in [9.17, 15) is 0 Å². The van der Waals surface area contributed by atoms with Gasteiger partial charge in [-0.1, -0.05) is 17.7 Å². The molecule has 0 aliphatic carbocycles. The molecule has 0 saturated carbocycles. The highest BCUT2D eigenvalue weighted by Gasteiger charge is 2.15. The molecule has 0 bridgehead atoms. The van der Waals surface area contributed by atoms with Crippen LogP contribution in [0, 0.1) is 5.92 Å². The Morgan fingerprint density at radius 1 is 1.18 bits per heavy atom. The van der Waals surface area contributed by atoms with Crippen molar-refractivity contribution in [2.24, 2.45) is 5.92 Å². The second-order valence-corrected chi connectivity index (χ2v) is 5.25. The molecular weight excluding hydrogens is 232 g/mol. The number of fused-ring (bicyclic) bond motifs is 1. The van der Waals surface area contributed by atoms with Crippen molar-refractivity contribution >= 4 is 22.5 Å². The third kappa shape index (κ3) is 2.20. The molecule has 1 aliphatic heterocycles. The average molecular weight is 249 g/mol. The molecule has 2 heterocycles. The first-order valence-electron chi connectivity index (χ1n) is 6.30. The van der Waals surface area contributed by atoms with Crippen molar-refractivity contribution < 1.29 is 0 Å². The summed E-state index contributed by atoms with van der Waals surface area (Å²) < 4.78 is 0. The maximum absolute atomic E-state index is 6.47. The molecule has 1 aromatic heterocycles. The van der Waals surface area contributed by atoms with E-state index in [-0.39, 0.29) is 0 Å². The minimum absolute atomic E-state index is 0.783. The monoisotopic (exact) mass is 248 g/mol. The van der Waals surface area contributed by atoms with Gasteiger partial charge in [-0.15, -0.1) is 0 Å². The highest BCUT2D eigenvalue weighted by Crippen LogP contribution is 2.29. The Kier molecular flexibility index (Phi) is 3.08. The largest absolute Gasteiger partial charge is 0.361 e. The molecule has 1 aliphatic rings. The minimum Gasteiger partial charge on any atom is -0.361 e. The molecule has 2 nitrogen and oxygen atoms in total. The van der Waals surface area contributed by atoms with Gasteiger partial charge in [0, 0.05) is 17.1 Å². The molecule has 2 aromatic rings. The summed E-state index contributed by atoms with van der Waals surface area (Å²) in [5.74, 6) is 0.783. The van der Waals surface area contributed by atoms with Gasteiger partial charge in [0.1, 0.15) is 0 Å². The molecule has 1 aromatic carbocycles. The Bertz CT molecular complexity index is 512. The summed E-state index contributed by atoms with van der Waals surface area (Å²) >= 11 is 6.47. The van der Waals surface area contributed by atoms with Crippen LogP contribution < -0.4 is 5.32 Å². The van der Waals surface area contributed by atoms with Crippen LogP contribution in [-0.4, -0.2) is 18.1 Å². The molecule has 0 unspecified atom stereocenters. The van der Waals surface area contributed by atoms with Crippen LogP contribution in [0.2, 0.25) is 5.02 Å². The van der Waals surface area contributed by atoms with Crippen LogP contribution >= 0.6 is 11.6 Å². The van der Waals surface area contributed by atoms with Gasteiger partial charge in [0.2, 0.25) is 0 Å². The molecule has 0 radical (unpaired) electrons. The third-order valence-electron chi connectivity index (χ3n) is 3.72. The lowest BCUT2D eigenvalue weighted by Crippen LogP contribution is -2.28. The van der Waals surface area contributed by atoms with E-state index in [2.05, 4.69) is 28.5 Å². The summed E-state index contributed by atoms with van der Waals surface area (Å²) in [5.41, 5.74) is 2.43. The van der Waals surface area contributed by atoms with E-state index in [4.69, 9.17) is 11.6 Å². The molecule has 2 N–H and O–H groups in total. The van der Waals surface area contributed by atoms with E-state index >= 15 is 0 Å². The molecule has 90 valence electrons. The second-order valence-electron chi connectivity index (χ2n) is 4.88. The summed E-state index contributed by atoms with van der Waals surface area (Å²) in [4.78, 5) is 3.20. The molecule has 3 heteroatoms. The van der Waals surface area contributed by atoms with Gasteiger partial charge >= 0.3 is 0 Å². The molecule has 0 spiro atoms. The predicted molar refractivity (Wildman–Crippen MR) is 72.6 cm³/mol. The first-order chi connectivity index (χ1) is 8.34. The molecule has 0 amide bonds. The lowest BCUT2D eigenvalue weighted by atomic mass is 9.90. The number of piperidine rings is 1. The van der Waals surface area contributed by atoms with Crippen LogP contribution in [0.25, 0.3) is 10.9 Å². The van der Waals surface area contributed by atoms with Crippen molar-refractivity contribution in [3.63, 3.8) is 0 Å². The van der Waals surface area contributed by atoms with E-state index < -0.39 is 0 Å². The number of aromatic nitrogens is 1. The Hall–Kier alpha value is -0.990. The number of nitrogens with one attached hydrogen (secondary N) is 2. The first kappa shape index (κ1) is 11.1. The maximum Gasteiger partial charge on any atom is 0.0531 e. The third-order valence-corrected chi connectivity index (χ3v) is 4.16. The van der Waals surface area contributed by atoms with Gasteiger partial charge in [-0.05, 0) is 56.0 Å². The SMILES string of the molecule is Clc1c(CC2CCNCC2)ccc2[nH]ccc12. The van der Waals surface area contributed by atoms with E-state index in [1.165, 1.54) is 18.4 Å². The zero-order chi connectivity index (χ0) is 11.7. The van der Waals surface area contributed by atoms with Crippen LogP contribution in [0.5, 0.6) is 0 Å². The number of H-pyrrole nitrogens is 1. The van der Waals surface area contributed by atoms with Crippen molar-refractivity contribution in [1.82, 2.24) is 10.3 Å². The lowest BCUT2D eigenvalue weighted by Gasteiger charge is -2.23. The summed E-state index contributed by atoms with van der Waals surface area (Å²) in [6, 6.07) is 6.37.